The first-order chi connectivity index (χ1) is 8.33. The highest BCUT2D eigenvalue weighted by atomic mass is 32.1. The molecule has 0 saturated carbocycles. The molecule has 2 rings (SSSR count). The molecule has 1 atom stereocenters. The summed E-state index contributed by atoms with van der Waals surface area (Å²) < 4.78 is 0. The molecule has 1 unspecified atom stereocenters. The summed E-state index contributed by atoms with van der Waals surface area (Å²) in [4.78, 5) is 7.16. The Morgan fingerprint density at radius 2 is 2.41 bits per heavy atom. The van der Waals surface area contributed by atoms with Crippen molar-refractivity contribution in [3.63, 3.8) is 0 Å². The number of thiazole rings is 1. The first-order valence-corrected chi connectivity index (χ1v) is 7.61. The number of piperidine rings is 1. The fourth-order valence-electron chi connectivity index (χ4n) is 2.36. The fraction of sp³-hybridized carbons (Fsp3) is 0.769. The van der Waals surface area contributed by atoms with Gasteiger partial charge in [-0.15, -0.1) is 11.3 Å². The smallest absolute Gasteiger partial charge is 0.185 e. The monoisotopic (exact) mass is 253 g/mol. The molecule has 96 valence electrons. The molecule has 1 fully saturated rings. The average molecular weight is 253 g/mol. The molecule has 1 aliphatic rings. The van der Waals surface area contributed by atoms with E-state index in [9.17, 15) is 0 Å². The van der Waals surface area contributed by atoms with Crippen LogP contribution in [-0.4, -0.2) is 31.2 Å². The molecular weight excluding hydrogens is 230 g/mol. The van der Waals surface area contributed by atoms with E-state index in [2.05, 4.69) is 29.4 Å². The zero-order chi connectivity index (χ0) is 12.1. The number of rotatable bonds is 5. The molecule has 0 bridgehead atoms. The minimum absolute atomic E-state index is 0.790. The lowest BCUT2D eigenvalue weighted by Gasteiger charge is -2.32. The van der Waals surface area contributed by atoms with Gasteiger partial charge in [-0.3, -0.25) is 0 Å². The number of aryl methyl sites for hydroxylation is 1. The summed E-state index contributed by atoms with van der Waals surface area (Å²) in [6.07, 6.45) is 3.71. The van der Waals surface area contributed by atoms with Crippen molar-refractivity contribution in [2.45, 2.75) is 33.1 Å². The predicted molar refractivity (Wildman–Crippen MR) is 75.0 cm³/mol. The highest BCUT2D eigenvalue weighted by molar-refractivity contribution is 7.13. The van der Waals surface area contributed by atoms with Gasteiger partial charge < -0.3 is 10.2 Å². The van der Waals surface area contributed by atoms with Crippen LogP contribution in [0.15, 0.2) is 5.38 Å². The van der Waals surface area contributed by atoms with Gasteiger partial charge >= 0.3 is 0 Å². The molecule has 0 radical (unpaired) electrons. The van der Waals surface area contributed by atoms with E-state index in [4.69, 9.17) is 4.98 Å². The second-order valence-electron chi connectivity index (χ2n) is 4.74. The largest absolute Gasteiger partial charge is 0.348 e. The zero-order valence-corrected chi connectivity index (χ0v) is 11.7. The topological polar surface area (TPSA) is 28.2 Å². The van der Waals surface area contributed by atoms with E-state index in [1.807, 2.05) is 0 Å². The normalized spacial score (nSPS) is 20.8. The molecule has 1 saturated heterocycles. The standard InChI is InChI=1S/C13H23N3S/c1-3-12-10-17-13(15-12)16-7-5-6-11(9-16)8-14-4-2/h10-11,14H,3-9H2,1-2H3. The summed E-state index contributed by atoms with van der Waals surface area (Å²) in [5.74, 6) is 0.790. The highest BCUT2D eigenvalue weighted by Crippen LogP contribution is 2.26. The van der Waals surface area contributed by atoms with Crippen LogP contribution >= 0.6 is 11.3 Å². The van der Waals surface area contributed by atoms with Crippen molar-refractivity contribution in [3.05, 3.63) is 11.1 Å². The molecule has 4 heteroatoms. The SMILES string of the molecule is CCNCC1CCCN(c2nc(CC)cs2)C1. The number of nitrogens with zero attached hydrogens (tertiary/aromatic N) is 2. The maximum absolute atomic E-state index is 4.69. The minimum Gasteiger partial charge on any atom is -0.348 e. The van der Waals surface area contributed by atoms with E-state index in [0.717, 1.165) is 25.4 Å². The van der Waals surface area contributed by atoms with Crippen molar-refractivity contribution >= 4 is 16.5 Å². The van der Waals surface area contributed by atoms with Crippen LogP contribution in [0.3, 0.4) is 0 Å². The maximum Gasteiger partial charge on any atom is 0.185 e. The maximum atomic E-state index is 4.69. The van der Waals surface area contributed by atoms with E-state index in [-0.39, 0.29) is 0 Å². The molecule has 1 aromatic rings. The Labute approximate surface area is 108 Å². The lowest BCUT2D eigenvalue weighted by atomic mass is 9.98. The van der Waals surface area contributed by atoms with Crippen LogP contribution in [0.5, 0.6) is 0 Å². The van der Waals surface area contributed by atoms with Crippen molar-refractivity contribution < 1.29 is 0 Å². The summed E-state index contributed by atoms with van der Waals surface area (Å²) in [5, 5.41) is 6.89. The van der Waals surface area contributed by atoms with E-state index in [0.29, 0.717) is 0 Å². The minimum atomic E-state index is 0.790. The van der Waals surface area contributed by atoms with E-state index in [1.165, 1.54) is 36.8 Å². The van der Waals surface area contributed by atoms with Crippen LogP contribution in [0.1, 0.15) is 32.4 Å². The molecule has 2 heterocycles. The summed E-state index contributed by atoms with van der Waals surface area (Å²) in [6.45, 7) is 8.92. The molecule has 0 aromatic carbocycles. The summed E-state index contributed by atoms with van der Waals surface area (Å²) >= 11 is 1.80. The van der Waals surface area contributed by atoms with Gasteiger partial charge in [-0.05, 0) is 38.3 Å². The predicted octanol–water partition coefficient (Wildman–Crippen LogP) is 2.53. The first-order valence-electron chi connectivity index (χ1n) is 6.73. The number of anilines is 1. The quantitative estimate of drug-likeness (QED) is 0.874. The summed E-state index contributed by atoms with van der Waals surface area (Å²) in [7, 11) is 0. The van der Waals surface area contributed by atoms with Gasteiger partial charge in [0.15, 0.2) is 5.13 Å². The van der Waals surface area contributed by atoms with Gasteiger partial charge in [-0.25, -0.2) is 4.98 Å². The van der Waals surface area contributed by atoms with E-state index in [1.54, 1.807) is 11.3 Å². The van der Waals surface area contributed by atoms with Crippen molar-refractivity contribution in [1.29, 1.82) is 0 Å². The molecular formula is C13H23N3S. The summed E-state index contributed by atoms with van der Waals surface area (Å²) in [5.41, 5.74) is 1.24. The number of hydrogen-bond donors (Lipinski definition) is 1. The molecule has 1 aliphatic heterocycles. The van der Waals surface area contributed by atoms with Crippen LogP contribution in [-0.2, 0) is 6.42 Å². The van der Waals surface area contributed by atoms with Gasteiger partial charge in [0.25, 0.3) is 0 Å². The molecule has 17 heavy (non-hydrogen) atoms. The number of hydrogen-bond acceptors (Lipinski definition) is 4. The molecule has 0 spiro atoms. The van der Waals surface area contributed by atoms with Gasteiger partial charge in [0, 0.05) is 18.5 Å². The molecule has 1 N–H and O–H groups in total. The van der Waals surface area contributed by atoms with Crippen molar-refractivity contribution in [2.75, 3.05) is 31.1 Å². The highest BCUT2D eigenvalue weighted by Gasteiger charge is 2.21. The van der Waals surface area contributed by atoms with Crippen LogP contribution in [0.25, 0.3) is 0 Å². The second kappa shape index (κ2) is 6.36. The molecule has 3 nitrogen and oxygen atoms in total. The number of nitrogens with one attached hydrogen (secondary N) is 1. The van der Waals surface area contributed by atoms with Gasteiger partial charge in [0.2, 0.25) is 0 Å². The van der Waals surface area contributed by atoms with Gasteiger partial charge in [-0.1, -0.05) is 13.8 Å². The van der Waals surface area contributed by atoms with E-state index < -0.39 is 0 Å². The van der Waals surface area contributed by atoms with Gasteiger partial charge in [0.05, 0.1) is 5.69 Å². The van der Waals surface area contributed by atoms with Crippen LogP contribution in [0.2, 0.25) is 0 Å². The van der Waals surface area contributed by atoms with Crippen molar-refractivity contribution in [1.82, 2.24) is 10.3 Å². The lowest BCUT2D eigenvalue weighted by Crippen LogP contribution is -2.39. The Hall–Kier alpha value is -0.610. The average Bonchev–Trinajstić information content (AvgIpc) is 2.85. The molecule has 0 amide bonds. The zero-order valence-electron chi connectivity index (χ0n) is 10.9. The fourth-order valence-corrected chi connectivity index (χ4v) is 3.30. The van der Waals surface area contributed by atoms with Crippen LogP contribution in [0.4, 0.5) is 5.13 Å². The van der Waals surface area contributed by atoms with Crippen LogP contribution < -0.4 is 10.2 Å². The van der Waals surface area contributed by atoms with Crippen molar-refractivity contribution in [3.8, 4) is 0 Å². The Kier molecular flexibility index (Phi) is 4.80. The third-order valence-electron chi connectivity index (χ3n) is 3.37. The Morgan fingerprint density at radius 3 is 3.12 bits per heavy atom. The van der Waals surface area contributed by atoms with Gasteiger partial charge in [0.1, 0.15) is 0 Å². The Morgan fingerprint density at radius 1 is 1.53 bits per heavy atom. The van der Waals surface area contributed by atoms with Crippen LogP contribution in [0, 0.1) is 5.92 Å². The van der Waals surface area contributed by atoms with E-state index >= 15 is 0 Å². The molecule has 0 aliphatic carbocycles. The molecule has 1 aromatic heterocycles. The third-order valence-corrected chi connectivity index (χ3v) is 4.32. The number of aromatic nitrogens is 1. The first kappa shape index (κ1) is 12.8. The Bertz CT molecular complexity index is 337. The lowest BCUT2D eigenvalue weighted by molar-refractivity contribution is 0.395. The third kappa shape index (κ3) is 3.42. The second-order valence-corrected chi connectivity index (χ2v) is 5.57. The van der Waals surface area contributed by atoms with Crippen molar-refractivity contribution in [2.24, 2.45) is 5.92 Å². The van der Waals surface area contributed by atoms with Gasteiger partial charge in [-0.2, -0.15) is 0 Å². The summed E-state index contributed by atoms with van der Waals surface area (Å²) in [6, 6.07) is 0. The Balaban J connectivity index is 1.92.